The molecule has 0 bridgehead atoms. The minimum atomic E-state index is -0.0679. The first kappa shape index (κ1) is 13.4. The Hall–Kier alpha value is -1.03. The number of methoxy groups -OCH3 is 1. The number of esters is 1. The first-order valence-electron chi connectivity index (χ1n) is 6.20. The van der Waals surface area contributed by atoms with Crippen molar-refractivity contribution in [1.29, 1.82) is 0 Å². The lowest BCUT2D eigenvalue weighted by atomic mass is 9.96. The predicted octanol–water partition coefficient (Wildman–Crippen LogP) is 3.15. The third-order valence-electron chi connectivity index (χ3n) is 3.54. The number of aryl methyl sites for hydroxylation is 1. The summed E-state index contributed by atoms with van der Waals surface area (Å²) in [4.78, 5) is 13.8. The van der Waals surface area contributed by atoms with Crippen LogP contribution in [0.4, 0.5) is 5.69 Å². The van der Waals surface area contributed by atoms with Crippen LogP contribution in [-0.2, 0) is 9.53 Å². The highest BCUT2D eigenvalue weighted by molar-refractivity contribution is 9.10. The van der Waals surface area contributed by atoms with E-state index < -0.39 is 0 Å². The lowest BCUT2D eigenvalue weighted by Crippen LogP contribution is -2.36. The summed E-state index contributed by atoms with van der Waals surface area (Å²) in [7, 11) is 1.47. The first-order chi connectivity index (χ1) is 8.61. The molecule has 0 aliphatic carbocycles. The Morgan fingerprint density at radius 1 is 1.39 bits per heavy atom. The lowest BCUT2D eigenvalue weighted by Gasteiger charge is -2.32. The smallest absolute Gasteiger partial charge is 0.308 e. The SMILES string of the molecule is COC(=O)C1CCN(c2ccc(Br)c(C)c2)CC1. The van der Waals surface area contributed by atoms with Crippen LogP contribution in [0.15, 0.2) is 22.7 Å². The Labute approximate surface area is 116 Å². The van der Waals surface area contributed by atoms with Crippen molar-refractivity contribution in [3.63, 3.8) is 0 Å². The van der Waals surface area contributed by atoms with Crippen molar-refractivity contribution in [3.8, 4) is 0 Å². The normalized spacial score (nSPS) is 16.7. The van der Waals surface area contributed by atoms with Gasteiger partial charge < -0.3 is 9.64 Å². The van der Waals surface area contributed by atoms with E-state index in [9.17, 15) is 4.79 Å². The van der Waals surface area contributed by atoms with Gasteiger partial charge >= 0.3 is 5.97 Å². The van der Waals surface area contributed by atoms with Crippen molar-refractivity contribution in [3.05, 3.63) is 28.2 Å². The maximum absolute atomic E-state index is 11.5. The summed E-state index contributed by atoms with van der Waals surface area (Å²) in [5.74, 6) is 0.00410. The number of benzene rings is 1. The minimum Gasteiger partial charge on any atom is -0.469 e. The van der Waals surface area contributed by atoms with Gasteiger partial charge in [-0.3, -0.25) is 4.79 Å². The van der Waals surface area contributed by atoms with E-state index in [2.05, 4.69) is 46.0 Å². The van der Waals surface area contributed by atoms with Crippen molar-refractivity contribution in [2.75, 3.05) is 25.1 Å². The summed E-state index contributed by atoms with van der Waals surface area (Å²) in [6, 6.07) is 6.38. The van der Waals surface area contributed by atoms with Gasteiger partial charge in [0.15, 0.2) is 0 Å². The molecule has 2 rings (SSSR count). The summed E-state index contributed by atoms with van der Waals surface area (Å²) in [6.45, 7) is 3.93. The van der Waals surface area contributed by atoms with Gasteiger partial charge in [-0.2, -0.15) is 0 Å². The molecule has 4 heteroatoms. The van der Waals surface area contributed by atoms with E-state index in [1.54, 1.807) is 0 Å². The van der Waals surface area contributed by atoms with Gasteiger partial charge in [0.1, 0.15) is 0 Å². The third kappa shape index (κ3) is 2.86. The molecule has 0 aromatic heterocycles. The molecule has 98 valence electrons. The first-order valence-corrected chi connectivity index (χ1v) is 7.00. The molecule has 1 aromatic rings. The second-order valence-electron chi connectivity index (χ2n) is 4.72. The number of hydrogen-bond donors (Lipinski definition) is 0. The number of carbonyl (C=O) groups excluding carboxylic acids is 1. The van der Waals surface area contributed by atoms with E-state index in [-0.39, 0.29) is 11.9 Å². The zero-order valence-corrected chi connectivity index (χ0v) is 12.4. The largest absolute Gasteiger partial charge is 0.469 e. The molecule has 0 amide bonds. The van der Waals surface area contributed by atoms with Crippen LogP contribution in [0.25, 0.3) is 0 Å². The molecular weight excluding hydrogens is 294 g/mol. The number of piperidine rings is 1. The van der Waals surface area contributed by atoms with E-state index in [1.165, 1.54) is 18.4 Å². The highest BCUT2D eigenvalue weighted by atomic mass is 79.9. The molecule has 0 radical (unpaired) electrons. The van der Waals surface area contributed by atoms with E-state index in [1.807, 2.05) is 0 Å². The van der Waals surface area contributed by atoms with Gasteiger partial charge in [0, 0.05) is 23.2 Å². The molecule has 0 saturated carbocycles. The van der Waals surface area contributed by atoms with Crippen LogP contribution >= 0.6 is 15.9 Å². The highest BCUT2D eigenvalue weighted by Crippen LogP contribution is 2.27. The van der Waals surface area contributed by atoms with Crippen LogP contribution in [-0.4, -0.2) is 26.2 Å². The van der Waals surface area contributed by atoms with Crippen LogP contribution < -0.4 is 4.90 Å². The van der Waals surface area contributed by atoms with Crippen molar-refractivity contribution in [2.45, 2.75) is 19.8 Å². The van der Waals surface area contributed by atoms with Gasteiger partial charge in [-0.05, 0) is 43.5 Å². The number of ether oxygens (including phenoxy) is 1. The molecule has 1 saturated heterocycles. The van der Waals surface area contributed by atoms with Gasteiger partial charge in [-0.15, -0.1) is 0 Å². The summed E-state index contributed by atoms with van der Waals surface area (Å²) >= 11 is 3.51. The molecule has 1 fully saturated rings. The van der Waals surface area contributed by atoms with Gasteiger partial charge in [-0.25, -0.2) is 0 Å². The van der Waals surface area contributed by atoms with Crippen LogP contribution in [0.2, 0.25) is 0 Å². The standard InChI is InChI=1S/C14H18BrNO2/c1-10-9-12(3-4-13(10)15)16-7-5-11(6-8-16)14(17)18-2/h3-4,9,11H,5-8H2,1-2H3. The topological polar surface area (TPSA) is 29.5 Å². The molecule has 1 heterocycles. The monoisotopic (exact) mass is 311 g/mol. The van der Waals surface area contributed by atoms with Gasteiger partial charge in [0.25, 0.3) is 0 Å². The van der Waals surface area contributed by atoms with E-state index >= 15 is 0 Å². The van der Waals surface area contributed by atoms with Crippen LogP contribution in [0, 0.1) is 12.8 Å². The van der Waals surface area contributed by atoms with E-state index in [4.69, 9.17) is 4.74 Å². The lowest BCUT2D eigenvalue weighted by molar-refractivity contribution is -0.146. The molecule has 1 aliphatic rings. The zero-order chi connectivity index (χ0) is 13.1. The van der Waals surface area contributed by atoms with Crippen LogP contribution in [0.5, 0.6) is 0 Å². The zero-order valence-electron chi connectivity index (χ0n) is 10.8. The molecule has 1 aromatic carbocycles. The molecule has 1 aliphatic heterocycles. The molecule has 0 spiro atoms. The number of anilines is 1. The quantitative estimate of drug-likeness (QED) is 0.786. The number of rotatable bonds is 2. The second-order valence-corrected chi connectivity index (χ2v) is 5.57. The highest BCUT2D eigenvalue weighted by Gasteiger charge is 2.25. The van der Waals surface area contributed by atoms with Crippen molar-refractivity contribution in [1.82, 2.24) is 0 Å². The van der Waals surface area contributed by atoms with Crippen molar-refractivity contribution >= 4 is 27.6 Å². The fourth-order valence-electron chi connectivity index (χ4n) is 2.37. The third-order valence-corrected chi connectivity index (χ3v) is 4.43. The Morgan fingerprint density at radius 2 is 2.06 bits per heavy atom. The Kier molecular flexibility index (Phi) is 4.27. The van der Waals surface area contributed by atoms with Crippen LogP contribution in [0.3, 0.4) is 0 Å². The van der Waals surface area contributed by atoms with E-state index in [0.717, 1.165) is 30.4 Å². The maximum atomic E-state index is 11.5. The fourth-order valence-corrected chi connectivity index (χ4v) is 2.61. The molecule has 0 atom stereocenters. The molecule has 3 nitrogen and oxygen atoms in total. The average molecular weight is 312 g/mol. The molecule has 18 heavy (non-hydrogen) atoms. The number of hydrogen-bond acceptors (Lipinski definition) is 3. The molecule has 0 N–H and O–H groups in total. The van der Waals surface area contributed by atoms with Gasteiger partial charge in [-0.1, -0.05) is 15.9 Å². The Bertz CT molecular complexity index is 439. The average Bonchev–Trinajstić information content (AvgIpc) is 2.41. The Morgan fingerprint density at radius 3 is 2.61 bits per heavy atom. The maximum Gasteiger partial charge on any atom is 0.308 e. The summed E-state index contributed by atoms with van der Waals surface area (Å²) in [5, 5.41) is 0. The number of carbonyl (C=O) groups is 1. The van der Waals surface area contributed by atoms with E-state index in [0.29, 0.717) is 0 Å². The summed E-state index contributed by atoms with van der Waals surface area (Å²) < 4.78 is 5.94. The Balaban J connectivity index is 2.01. The molecule has 0 unspecified atom stereocenters. The summed E-state index contributed by atoms with van der Waals surface area (Å²) in [5.41, 5.74) is 2.47. The number of halogens is 1. The second kappa shape index (κ2) is 5.74. The minimum absolute atomic E-state index is 0.0679. The summed E-state index contributed by atoms with van der Waals surface area (Å²) in [6.07, 6.45) is 1.75. The number of nitrogens with zero attached hydrogens (tertiary/aromatic N) is 1. The van der Waals surface area contributed by atoms with Crippen molar-refractivity contribution in [2.24, 2.45) is 5.92 Å². The van der Waals surface area contributed by atoms with Crippen LogP contribution in [0.1, 0.15) is 18.4 Å². The predicted molar refractivity (Wildman–Crippen MR) is 75.8 cm³/mol. The molecular formula is C14H18BrNO2. The van der Waals surface area contributed by atoms with Gasteiger partial charge in [0.05, 0.1) is 13.0 Å². The van der Waals surface area contributed by atoms with Gasteiger partial charge in [0.2, 0.25) is 0 Å². The van der Waals surface area contributed by atoms with Crippen molar-refractivity contribution < 1.29 is 9.53 Å². The fraction of sp³-hybridized carbons (Fsp3) is 0.500.